The van der Waals surface area contributed by atoms with E-state index in [-0.39, 0.29) is 41.0 Å². The number of carbonyl (C=O) groups excluding carboxylic acids is 3. The third-order valence-electron chi connectivity index (χ3n) is 9.11. The lowest BCUT2D eigenvalue weighted by Gasteiger charge is -2.51. The van der Waals surface area contributed by atoms with Crippen LogP contribution in [0.3, 0.4) is 0 Å². The zero-order valence-corrected chi connectivity index (χ0v) is 25.6. The predicted molar refractivity (Wildman–Crippen MR) is 166 cm³/mol. The zero-order valence-electron chi connectivity index (χ0n) is 24.8. The number of ketones is 3. The van der Waals surface area contributed by atoms with Gasteiger partial charge in [0.25, 0.3) is 5.69 Å². The molecule has 1 saturated carbocycles. The van der Waals surface area contributed by atoms with E-state index in [1.54, 1.807) is 49.5 Å². The lowest BCUT2D eigenvalue weighted by atomic mass is 9.56. The number of aliphatic hydroxyl groups excluding tert-OH is 1. The summed E-state index contributed by atoms with van der Waals surface area (Å²) < 4.78 is 0. The number of aromatic hydroxyl groups is 1. The van der Waals surface area contributed by atoms with Crippen LogP contribution in [0.5, 0.6) is 5.75 Å². The van der Waals surface area contributed by atoms with Crippen molar-refractivity contribution in [2.45, 2.75) is 38.3 Å². The Hall–Kier alpha value is -4.72. The molecule has 0 aliphatic heterocycles. The minimum absolute atomic E-state index is 0.00282. The van der Waals surface area contributed by atoms with Gasteiger partial charge in [0.2, 0.25) is 11.6 Å². The van der Waals surface area contributed by atoms with E-state index in [1.807, 2.05) is 0 Å². The van der Waals surface area contributed by atoms with Crippen LogP contribution in [-0.2, 0) is 20.8 Å². The average Bonchev–Trinajstić information content (AvgIpc) is 3.45. The topological polar surface area (TPSA) is 183 Å². The summed E-state index contributed by atoms with van der Waals surface area (Å²) in [6.07, 6.45) is 0.352. The molecule has 1 fully saturated rings. The van der Waals surface area contributed by atoms with E-state index in [2.05, 4.69) is 10.3 Å². The van der Waals surface area contributed by atoms with Crippen LogP contribution in [0.1, 0.15) is 31.4 Å². The molecule has 45 heavy (non-hydrogen) atoms. The van der Waals surface area contributed by atoms with Crippen LogP contribution in [-0.4, -0.2) is 73.2 Å². The summed E-state index contributed by atoms with van der Waals surface area (Å²) in [5.41, 5.74) is -0.370. The van der Waals surface area contributed by atoms with Gasteiger partial charge in [-0.1, -0.05) is 12.1 Å². The van der Waals surface area contributed by atoms with E-state index in [9.17, 15) is 39.8 Å². The van der Waals surface area contributed by atoms with Gasteiger partial charge in [0, 0.05) is 46.3 Å². The number of nitrogens with one attached hydrogen (secondary N) is 1. The first kappa shape index (κ1) is 30.3. The molecule has 3 aliphatic carbocycles. The quantitative estimate of drug-likeness (QED) is 0.0999. The Morgan fingerprint density at radius 1 is 1.18 bits per heavy atom. The number of anilines is 2. The minimum Gasteiger partial charge on any atom is -0.507 e. The fourth-order valence-corrected chi connectivity index (χ4v) is 7.97. The largest absolute Gasteiger partial charge is 0.507 e. The number of nitro groups is 1. The van der Waals surface area contributed by atoms with Gasteiger partial charge >= 0.3 is 0 Å². The highest BCUT2D eigenvalue weighted by Gasteiger charge is 2.63. The monoisotopic (exact) mass is 630 g/mol. The molecular weight excluding hydrogens is 600 g/mol. The highest BCUT2D eigenvalue weighted by atomic mass is 32.1. The van der Waals surface area contributed by atoms with Crippen molar-refractivity contribution in [3.05, 3.63) is 79.7 Å². The number of Topliss-reactive ketones (excluding diaryl/α,β-unsaturated/α-hetero) is 3. The van der Waals surface area contributed by atoms with Gasteiger partial charge in [-0.3, -0.25) is 24.5 Å². The molecule has 4 N–H and O–H groups in total. The molecule has 13 heteroatoms. The van der Waals surface area contributed by atoms with Gasteiger partial charge in [0.1, 0.15) is 11.5 Å². The van der Waals surface area contributed by atoms with E-state index in [0.717, 1.165) is 0 Å². The number of hydrogen-bond acceptors (Lipinski definition) is 12. The Morgan fingerprint density at radius 2 is 1.91 bits per heavy atom. The summed E-state index contributed by atoms with van der Waals surface area (Å²) in [4.78, 5) is 57.4. The molecule has 0 spiro atoms. The Labute approximate surface area is 261 Å². The van der Waals surface area contributed by atoms with E-state index >= 15 is 0 Å². The zero-order chi connectivity index (χ0) is 32.5. The highest BCUT2D eigenvalue weighted by molar-refractivity contribution is 7.14. The molecular formula is C32H30N4O8S. The number of likely N-dealkylation sites (N-methyl/N-ethyl adjacent to an activating group) is 1. The third-order valence-corrected chi connectivity index (χ3v) is 9.86. The average molecular weight is 631 g/mol. The molecule has 4 unspecified atom stereocenters. The van der Waals surface area contributed by atoms with Crippen LogP contribution in [0.4, 0.5) is 16.5 Å². The molecule has 0 radical (unpaired) electrons. The summed E-state index contributed by atoms with van der Waals surface area (Å²) in [7, 11) is 3.50. The standard InChI is InChI=1S/C32H30N4O8S/c1-14-24(15(2)37)29(40)32(42)20(27(14)35(3)4)12-17-11-19-21(8-9-23(38)26(19)28(39)25(17)30(32)41)33-31-34-22(13-45-31)16-6-5-7-18(10-16)36(43)44/h5-10,13,17,20,27,38-39,42H,11-12H2,1-4H3,(H,33,34). The first-order valence-corrected chi connectivity index (χ1v) is 15.1. The number of non-ortho nitro benzene ring substituents is 1. The molecule has 0 bridgehead atoms. The Kier molecular flexibility index (Phi) is 7.22. The number of nitro benzene ring substituents is 1. The number of rotatable bonds is 6. The summed E-state index contributed by atoms with van der Waals surface area (Å²) in [5.74, 6) is -4.79. The van der Waals surface area contributed by atoms with E-state index in [1.165, 1.54) is 36.5 Å². The summed E-state index contributed by atoms with van der Waals surface area (Å²) in [6, 6.07) is 8.51. The maximum Gasteiger partial charge on any atom is 0.270 e. The smallest absolute Gasteiger partial charge is 0.270 e. The van der Waals surface area contributed by atoms with Crippen LogP contribution in [0.25, 0.3) is 17.0 Å². The van der Waals surface area contributed by atoms with Crippen LogP contribution in [0, 0.1) is 22.0 Å². The Bertz CT molecular complexity index is 1890. The van der Waals surface area contributed by atoms with Crippen molar-refractivity contribution in [3.63, 3.8) is 0 Å². The number of aromatic nitrogens is 1. The van der Waals surface area contributed by atoms with Crippen molar-refractivity contribution in [2.75, 3.05) is 19.4 Å². The number of carbonyl (C=O) groups is 3. The molecule has 0 saturated heterocycles. The summed E-state index contributed by atoms with van der Waals surface area (Å²) in [6.45, 7) is 2.89. The van der Waals surface area contributed by atoms with Gasteiger partial charge in [-0.2, -0.15) is 0 Å². The molecule has 2 aromatic carbocycles. The first-order valence-electron chi connectivity index (χ1n) is 14.2. The fourth-order valence-electron chi connectivity index (χ4n) is 7.24. The lowest BCUT2D eigenvalue weighted by molar-refractivity contribution is -0.384. The first-order chi connectivity index (χ1) is 21.2. The molecule has 6 rings (SSSR count). The van der Waals surface area contributed by atoms with E-state index in [4.69, 9.17) is 0 Å². The number of phenols is 1. The van der Waals surface area contributed by atoms with Crippen molar-refractivity contribution < 1.29 is 34.6 Å². The number of thiazole rings is 1. The fraction of sp³-hybridized carbons (Fsp3) is 0.312. The van der Waals surface area contributed by atoms with E-state index in [0.29, 0.717) is 33.2 Å². The molecule has 1 heterocycles. The number of aliphatic hydroxyl groups is 2. The lowest BCUT2D eigenvalue weighted by Crippen LogP contribution is -2.66. The van der Waals surface area contributed by atoms with Gasteiger partial charge < -0.3 is 25.5 Å². The van der Waals surface area contributed by atoms with Crippen molar-refractivity contribution in [1.82, 2.24) is 9.88 Å². The van der Waals surface area contributed by atoms with Crippen LogP contribution in [0.15, 0.2) is 58.5 Å². The van der Waals surface area contributed by atoms with Crippen molar-refractivity contribution in [3.8, 4) is 17.0 Å². The Balaban J connectivity index is 1.40. The number of fused-ring (bicyclic) bond motifs is 3. The van der Waals surface area contributed by atoms with Gasteiger partial charge in [-0.15, -0.1) is 11.3 Å². The molecule has 232 valence electrons. The van der Waals surface area contributed by atoms with Crippen LogP contribution < -0.4 is 5.32 Å². The molecule has 12 nitrogen and oxygen atoms in total. The van der Waals surface area contributed by atoms with Gasteiger partial charge in [0.05, 0.1) is 21.8 Å². The molecule has 0 amide bonds. The highest BCUT2D eigenvalue weighted by Crippen LogP contribution is 2.53. The second kappa shape index (κ2) is 10.7. The number of hydrogen-bond donors (Lipinski definition) is 4. The minimum atomic E-state index is -2.55. The second-order valence-corrected chi connectivity index (χ2v) is 12.8. The van der Waals surface area contributed by atoms with Gasteiger partial charge in [-0.25, -0.2) is 4.98 Å². The maximum absolute atomic E-state index is 14.1. The van der Waals surface area contributed by atoms with Crippen LogP contribution >= 0.6 is 11.3 Å². The second-order valence-electron chi connectivity index (χ2n) is 11.9. The SMILES string of the molecule is CC(=O)C1=C(C)C(N(C)C)C2CC3Cc4c(Nc5nc(-c6cccc([N+](=O)[O-])c6)cs5)ccc(O)c4C(O)=C3C(=O)C2(O)C1=O. The maximum atomic E-state index is 14.1. The van der Waals surface area contributed by atoms with Crippen molar-refractivity contribution in [2.24, 2.45) is 11.8 Å². The number of phenolic OH excluding ortho intramolecular Hbond substituents is 1. The normalized spacial score (nSPS) is 24.4. The number of benzene rings is 2. The van der Waals surface area contributed by atoms with Gasteiger partial charge in [0.15, 0.2) is 16.5 Å². The molecule has 4 atom stereocenters. The molecule has 3 aromatic rings. The number of nitrogens with zero attached hydrogens (tertiary/aromatic N) is 3. The predicted octanol–water partition coefficient (Wildman–Crippen LogP) is 4.35. The summed E-state index contributed by atoms with van der Waals surface area (Å²) in [5, 5.41) is 50.9. The Morgan fingerprint density at radius 3 is 2.58 bits per heavy atom. The van der Waals surface area contributed by atoms with Gasteiger partial charge in [-0.05, 0) is 70.0 Å². The van der Waals surface area contributed by atoms with Crippen LogP contribution in [0.2, 0.25) is 0 Å². The van der Waals surface area contributed by atoms with Crippen molar-refractivity contribution >= 4 is 51.0 Å². The van der Waals surface area contributed by atoms with Crippen molar-refractivity contribution in [1.29, 1.82) is 0 Å². The third kappa shape index (κ3) is 4.57. The summed E-state index contributed by atoms with van der Waals surface area (Å²) >= 11 is 1.26. The molecule has 3 aliphatic rings. The molecule has 1 aromatic heterocycles. The van der Waals surface area contributed by atoms with E-state index < -0.39 is 51.5 Å².